The van der Waals surface area contributed by atoms with Gasteiger partial charge in [-0.1, -0.05) is 0 Å². The van der Waals surface area contributed by atoms with Crippen molar-refractivity contribution < 1.29 is 9.53 Å². The lowest BCUT2D eigenvalue weighted by Crippen LogP contribution is -2.42. The highest BCUT2D eigenvalue weighted by atomic mass is 16.5. The third-order valence-electron chi connectivity index (χ3n) is 4.20. The molecule has 1 amide bonds. The number of amides is 1. The van der Waals surface area contributed by atoms with E-state index in [0.717, 1.165) is 11.4 Å². The van der Waals surface area contributed by atoms with E-state index >= 15 is 0 Å². The van der Waals surface area contributed by atoms with E-state index in [-0.39, 0.29) is 12.0 Å². The Labute approximate surface area is 144 Å². The fraction of sp³-hybridized carbons (Fsp3) is 0.222. The summed E-state index contributed by atoms with van der Waals surface area (Å²) < 4.78 is 7.59. The highest BCUT2D eigenvalue weighted by molar-refractivity contribution is 5.94. The van der Waals surface area contributed by atoms with Crippen LogP contribution in [-0.4, -0.2) is 50.0 Å². The average molecular weight is 335 g/mol. The number of carbonyl (C=O) groups is 1. The minimum absolute atomic E-state index is 0.0352. The second-order valence-electron chi connectivity index (χ2n) is 5.77. The zero-order valence-electron chi connectivity index (χ0n) is 13.5. The maximum Gasteiger partial charge on any atom is 0.255 e. The molecule has 7 nitrogen and oxygen atoms in total. The van der Waals surface area contributed by atoms with Crippen molar-refractivity contribution in [1.82, 2.24) is 24.4 Å². The molecular formula is C18H17N5O2. The van der Waals surface area contributed by atoms with Gasteiger partial charge in [-0.05, 0) is 29.8 Å². The Morgan fingerprint density at radius 2 is 2.00 bits per heavy atom. The fourth-order valence-electron chi connectivity index (χ4n) is 2.86. The third-order valence-corrected chi connectivity index (χ3v) is 4.20. The van der Waals surface area contributed by atoms with E-state index in [0.29, 0.717) is 25.3 Å². The molecule has 126 valence electrons. The average Bonchev–Trinajstić information content (AvgIpc) is 3.23. The molecule has 1 fully saturated rings. The molecule has 0 saturated carbocycles. The molecule has 4 rings (SSSR count). The summed E-state index contributed by atoms with van der Waals surface area (Å²) in [5.74, 6) is 0.692. The van der Waals surface area contributed by atoms with E-state index in [4.69, 9.17) is 4.74 Å². The van der Waals surface area contributed by atoms with Crippen LogP contribution in [0.1, 0.15) is 22.0 Å². The zero-order chi connectivity index (χ0) is 17.1. The molecule has 0 aromatic carbocycles. The normalized spacial score (nSPS) is 17.4. The number of rotatable bonds is 3. The van der Waals surface area contributed by atoms with E-state index < -0.39 is 0 Å². The lowest BCUT2D eigenvalue weighted by molar-refractivity contribution is -0.0228. The van der Waals surface area contributed by atoms with Crippen molar-refractivity contribution in [3.8, 4) is 5.82 Å². The molecule has 0 radical (unpaired) electrons. The van der Waals surface area contributed by atoms with Crippen molar-refractivity contribution >= 4 is 5.91 Å². The second kappa shape index (κ2) is 6.82. The third kappa shape index (κ3) is 3.27. The number of morpholine rings is 1. The molecule has 0 spiro atoms. The van der Waals surface area contributed by atoms with Gasteiger partial charge in [-0.3, -0.25) is 14.3 Å². The highest BCUT2D eigenvalue weighted by Gasteiger charge is 2.26. The number of pyridine rings is 2. The van der Waals surface area contributed by atoms with Crippen LogP contribution in [0.3, 0.4) is 0 Å². The van der Waals surface area contributed by atoms with E-state index in [1.807, 2.05) is 29.3 Å². The van der Waals surface area contributed by atoms with Crippen molar-refractivity contribution in [3.63, 3.8) is 0 Å². The maximum absolute atomic E-state index is 12.8. The molecule has 1 aliphatic heterocycles. The molecule has 1 aliphatic rings. The molecule has 1 atom stereocenters. The largest absolute Gasteiger partial charge is 0.370 e. The predicted octanol–water partition coefficient (Wildman–Crippen LogP) is 1.88. The van der Waals surface area contributed by atoms with Crippen LogP contribution in [0.4, 0.5) is 0 Å². The Bertz CT molecular complexity index is 834. The number of ether oxygens (including phenoxy) is 1. The van der Waals surface area contributed by atoms with Gasteiger partial charge in [0.2, 0.25) is 0 Å². The SMILES string of the molecule is O=C(c1ccc(-n2ccnc2)nc1)N1CCO[C@@H](c2ccncc2)C1. The van der Waals surface area contributed by atoms with Crippen LogP contribution in [-0.2, 0) is 4.74 Å². The smallest absolute Gasteiger partial charge is 0.255 e. The van der Waals surface area contributed by atoms with Crippen LogP contribution < -0.4 is 0 Å². The summed E-state index contributed by atoms with van der Waals surface area (Å²) in [7, 11) is 0. The molecule has 0 bridgehead atoms. The molecule has 1 saturated heterocycles. The lowest BCUT2D eigenvalue weighted by atomic mass is 10.1. The van der Waals surface area contributed by atoms with Crippen LogP contribution in [0.15, 0.2) is 61.6 Å². The van der Waals surface area contributed by atoms with Crippen molar-refractivity contribution in [2.24, 2.45) is 0 Å². The van der Waals surface area contributed by atoms with Crippen LogP contribution >= 0.6 is 0 Å². The number of hydrogen-bond acceptors (Lipinski definition) is 5. The number of hydrogen-bond donors (Lipinski definition) is 0. The van der Waals surface area contributed by atoms with Crippen LogP contribution in [0.25, 0.3) is 5.82 Å². The number of aromatic nitrogens is 4. The summed E-state index contributed by atoms with van der Waals surface area (Å²) in [6.45, 7) is 1.61. The summed E-state index contributed by atoms with van der Waals surface area (Å²) in [5, 5.41) is 0. The predicted molar refractivity (Wildman–Crippen MR) is 90.2 cm³/mol. The molecule has 4 heterocycles. The van der Waals surface area contributed by atoms with Gasteiger partial charge in [-0.15, -0.1) is 0 Å². The van der Waals surface area contributed by atoms with Gasteiger partial charge < -0.3 is 9.64 Å². The quantitative estimate of drug-likeness (QED) is 0.731. The van der Waals surface area contributed by atoms with Crippen molar-refractivity contribution in [2.75, 3.05) is 19.7 Å². The van der Waals surface area contributed by atoms with E-state index in [1.54, 1.807) is 41.7 Å². The van der Waals surface area contributed by atoms with Gasteiger partial charge in [0.05, 0.1) is 18.7 Å². The van der Waals surface area contributed by atoms with Gasteiger partial charge in [0.25, 0.3) is 5.91 Å². The minimum atomic E-state index is -0.126. The maximum atomic E-state index is 12.8. The molecule has 7 heteroatoms. The van der Waals surface area contributed by atoms with Gasteiger partial charge in [0, 0.05) is 37.5 Å². The van der Waals surface area contributed by atoms with Crippen LogP contribution in [0.2, 0.25) is 0 Å². The lowest BCUT2D eigenvalue weighted by Gasteiger charge is -2.33. The Balaban J connectivity index is 1.48. The van der Waals surface area contributed by atoms with Crippen molar-refractivity contribution in [2.45, 2.75) is 6.10 Å². The fourth-order valence-corrected chi connectivity index (χ4v) is 2.86. The summed E-state index contributed by atoms with van der Waals surface area (Å²) in [6, 6.07) is 7.44. The molecule has 25 heavy (non-hydrogen) atoms. The Morgan fingerprint density at radius 3 is 2.72 bits per heavy atom. The monoisotopic (exact) mass is 335 g/mol. The minimum Gasteiger partial charge on any atom is -0.370 e. The molecular weight excluding hydrogens is 318 g/mol. The number of nitrogens with zero attached hydrogens (tertiary/aromatic N) is 5. The first-order valence-electron chi connectivity index (χ1n) is 8.06. The Kier molecular flexibility index (Phi) is 4.22. The Morgan fingerprint density at radius 1 is 1.12 bits per heavy atom. The van der Waals surface area contributed by atoms with Crippen LogP contribution in [0.5, 0.6) is 0 Å². The van der Waals surface area contributed by atoms with E-state index in [9.17, 15) is 4.79 Å². The summed E-state index contributed by atoms with van der Waals surface area (Å²) in [5.41, 5.74) is 1.60. The molecule has 3 aromatic heterocycles. The molecule has 0 N–H and O–H groups in total. The molecule has 0 aliphatic carbocycles. The first-order chi connectivity index (χ1) is 12.3. The van der Waals surface area contributed by atoms with E-state index in [1.165, 1.54) is 0 Å². The number of carbonyl (C=O) groups excluding carboxylic acids is 1. The Hall–Kier alpha value is -3.06. The second-order valence-corrected chi connectivity index (χ2v) is 5.77. The van der Waals surface area contributed by atoms with Gasteiger partial charge in [0.15, 0.2) is 0 Å². The van der Waals surface area contributed by atoms with Gasteiger partial charge in [-0.25, -0.2) is 9.97 Å². The van der Waals surface area contributed by atoms with Gasteiger partial charge in [0.1, 0.15) is 18.2 Å². The molecule has 0 unspecified atom stereocenters. The van der Waals surface area contributed by atoms with Gasteiger partial charge >= 0.3 is 0 Å². The van der Waals surface area contributed by atoms with E-state index in [2.05, 4.69) is 15.0 Å². The first-order valence-corrected chi connectivity index (χ1v) is 8.06. The standard InChI is InChI=1S/C18H17N5O2/c24-18(15-1-2-17(21-11-15)23-8-7-20-13-23)22-9-10-25-16(12-22)14-3-5-19-6-4-14/h1-8,11,13,16H,9-10,12H2/t16-/m1/s1. The topological polar surface area (TPSA) is 73.1 Å². The highest BCUT2D eigenvalue weighted by Crippen LogP contribution is 2.22. The summed E-state index contributed by atoms with van der Waals surface area (Å²) >= 11 is 0. The van der Waals surface area contributed by atoms with Crippen LogP contribution in [0, 0.1) is 0 Å². The summed E-state index contributed by atoms with van der Waals surface area (Å²) in [6.07, 6.45) is 10.1. The summed E-state index contributed by atoms with van der Waals surface area (Å²) in [4.78, 5) is 26.9. The van der Waals surface area contributed by atoms with Crippen molar-refractivity contribution in [1.29, 1.82) is 0 Å². The first kappa shape index (κ1) is 15.5. The molecule has 3 aromatic rings. The van der Waals surface area contributed by atoms with Crippen molar-refractivity contribution in [3.05, 3.63) is 72.7 Å². The van der Waals surface area contributed by atoms with Gasteiger partial charge in [-0.2, -0.15) is 0 Å². The zero-order valence-corrected chi connectivity index (χ0v) is 13.5. The number of imidazole rings is 1.